The summed E-state index contributed by atoms with van der Waals surface area (Å²) in [6.45, 7) is 2.05. The van der Waals surface area contributed by atoms with Gasteiger partial charge in [-0.25, -0.2) is 0 Å². The minimum absolute atomic E-state index is 0.0483. The summed E-state index contributed by atoms with van der Waals surface area (Å²) in [6, 6.07) is 0. The Balaban J connectivity index is 1.63. The number of nitrogens with zero attached hydrogens (tertiary/aromatic N) is 2. The lowest BCUT2D eigenvalue weighted by Crippen LogP contribution is -2.32. The molecule has 1 fully saturated rings. The van der Waals surface area contributed by atoms with E-state index in [0.717, 1.165) is 23.9 Å². The van der Waals surface area contributed by atoms with Crippen LogP contribution in [0.15, 0.2) is 16.9 Å². The standard InChI is InChI=1S/C11H16BrN3O2/c12-9-6-14-15(8-9)4-3-11(16)13-7-10-2-1-5-17-10/h6,8,10H,1-5,7H2,(H,13,16)/t10-/m1/s1. The number of halogens is 1. The molecule has 5 nitrogen and oxygen atoms in total. The molecule has 0 aromatic carbocycles. The zero-order chi connectivity index (χ0) is 12.1. The fraction of sp³-hybridized carbons (Fsp3) is 0.636. The van der Waals surface area contributed by atoms with Crippen molar-refractivity contribution in [2.45, 2.75) is 31.9 Å². The van der Waals surface area contributed by atoms with Crippen molar-refractivity contribution in [3.63, 3.8) is 0 Å². The fourth-order valence-electron chi connectivity index (χ4n) is 1.80. The highest BCUT2D eigenvalue weighted by Crippen LogP contribution is 2.10. The molecule has 0 unspecified atom stereocenters. The lowest BCUT2D eigenvalue weighted by Gasteiger charge is -2.10. The number of hydrogen-bond donors (Lipinski definition) is 1. The van der Waals surface area contributed by atoms with E-state index in [0.29, 0.717) is 19.5 Å². The second-order valence-corrected chi connectivity index (χ2v) is 5.03. The molecular weight excluding hydrogens is 286 g/mol. The summed E-state index contributed by atoms with van der Waals surface area (Å²) in [7, 11) is 0. The first-order valence-electron chi connectivity index (χ1n) is 5.80. The second-order valence-electron chi connectivity index (χ2n) is 4.11. The van der Waals surface area contributed by atoms with Gasteiger partial charge in [0, 0.05) is 32.3 Å². The summed E-state index contributed by atoms with van der Waals surface area (Å²) in [4.78, 5) is 11.6. The van der Waals surface area contributed by atoms with Crippen LogP contribution in [-0.4, -0.2) is 34.9 Å². The Labute approximate surface area is 109 Å². The zero-order valence-electron chi connectivity index (χ0n) is 9.56. The first kappa shape index (κ1) is 12.6. The number of hydrogen-bond acceptors (Lipinski definition) is 3. The average molecular weight is 302 g/mol. The number of amides is 1. The van der Waals surface area contributed by atoms with Crippen LogP contribution in [0, 0.1) is 0 Å². The number of aryl methyl sites for hydroxylation is 1. The van der Waals surface area contributed by atoms with E-state index in [9.17, 15) is 4.79 Å². The molecule has 0 spiro atoms. The van der Waals surface area contributed by atoms with Crippen LogP contribution in [0.4, 0.5) is 0 Å². The lowest BCUT2D eigenvalue weighted by atomic mass is 10.2. The molecule has 1 aliphatic heterocycles. The lowest BCUT2D eigenvalue weighted by molar-refractivity contribution is -0.121. The van der Waals surface area contributed by atoms with Gasteiger partial charge in [-0.2, -0.15) is 5.10 Å². The molecule has 1 amide bonds. The average Bonchev–Trinajstić information content (AvgIpc) is 2.95. The van der Waals surface area contributed by atoms with Crippen molar-refractivity contribution in [1.82, 2.24) is 15.1 Å². The highest BCUT2D eigenvalue weighted by Gasteiger charge is 2.15. The van der Waals surface area contributed by atoms with E-state index in [4.69, 9.17) is 4.74 Å². The van der Waals surface area contributed by atoms with Crippen molar-refractivity contribution in [3.05, 3.63) is 16.9 Å². The minimum Gasteiger partial charge on any atom is -0.376 e. The zero-order valence-corrected chi connectivity index (χ0v) is 11.1. The van der Waals surface area contributed by atoms with E-state index in [1.165, 1.54) is 0 Å². The maximum Gasteiger partial charge on any atom is 0.221 e. The van der Waals surface area contributed by atoms with Gasteiger partial charge >= 0.3 is 0 Å². The predicted molar refractivity (Wildman–Crippen MR) is 66.5 cm³/mol. The van der Waals surface area contributed by atoms with Gasteiger partial charge in [-0.05, 0) is 28.8 Å². The van der Waals surface area contributed by atoms with Crippen LogP contribution in [0.5, 0.6) is 0 Å². The van der Waals surface area contributed by atoms with Crippen molar-refractivity contribution >= 4 is 21.8 Å². The number of ether oxygens (including phenoxy) is 1. The number of carbonyl (C=O) groups is 1. The summed E-state index contributed by atoms with van der Waals surface area (Å²) in [5.41, 5.74) is 0. The van der Waals surface area contributed by atoms with Crippen molar-refractivity contribution in [1.29, 1.82) is 0 Å². The topological polar surface area (TPSA) is 56.2 Å². The van der Waals surface area contributed by atoms with Crippen LogP contribution < -0.4 is 5.32 Å². The molecule has 0 bridgehead atoms. The van der Waals surface area contributed by atoms with Gasteiger partial charge in [-0.1, -0.05) is 0 Å². The van der Waals surface area contributed by atoms with Crippen molar-refractivity contribution < 1.29 is 9.53 Å². The third kappa shape index (κ3) is 4.12. The molecule has 1 aromatic heterocycles. The van der Waals surface area contributed by atoms with Crippen LogP contribution in [0.1, 0.15) is 19.3 Å². The third-order valence-corrected chi connectivity index (χ3v) is 3.13. The van der Waals surface area contributed by atoms with Crippen molar-refractivity contribution in [2.24, 2.45) is 0 Å². The molecule has 2 heterocycles. The highest BCUT2D eigenvalue weighted by molar-refractivity contribution is 9.10. The normalized spacial score (nSPS) is 19.5. The molecule has 1 saturated heterocycles. The quantitative estimate of drug-likeness (QED) is 0.893. The Kier molecular flexibility index (Phi) is 4.56. The molecule has 0 radical (unpaired) electrons. The van der Waals surface area contributed by atoms with Gasteiger partial charge in [0.2, 0.25) is 5.91 Å². The van der Waals surface area contributed by atoms with E-state index in [2.05, 4.69) is 26.3 Å². The number of rotatable bonds is 5. The molecular formula is C11H16BrN3O2. The summed E-state index contributed by atoms with van der Waals surface area (Å²) < 4.78 is 8.10. The van der Waals surface area contributed by atoms with Gasteiger partial charge in [-0.15, -0.1) is 0 Å². The van der Waals surface area contributed by atoms with Crippen LogP contribution in [0.2, 0.25) is 0 Å². The first-order chi connectivity index (χ1) is 8.24. The summed E-state index contributed by atoms with van der Waals surface area (Å²) in [6.07, 6.45) is 6.37. The van der Waals surface area contributed by atoms with Gasteiger partial charge < -0.3 is 10.1 Å². The van der Waals surface area contributed by atoms with E-state index in [1.807, 2.05) is 6.20 Å². The Bertz CT molecular complexity index is 375. The molecule has 0 saturated carbocycles. The smallest absolute Gasteiger partial charge is 0.221 e. The fourth-order valence-corrected chi connectivity index (χ4v) is 2.13. The Morgan fingerprint density at radius 3 is 3.24 bits per heavy atom. The molecule has 1 atom stereocenters. The van der Waals surface area contributed by atoms with Gasteiger partial charge in [0.25, 0.3) is 0 Å². The SMILES string of the molecule is O=C(CCn1cc(Br)cn1)NC[C@H]1CCCO1. The van der Waals surface area contributed by atoms with Crippen molar-refractivity contribution in [3.8, 4) is 0 Å². The second kappa shape index (κ2) is 6.16. The van der Waals surface area contributed by atoms with Crippen molar-refractivity contribution in [2.75, 3.05) is 13.2 Å². The van der Waals surface area contributed by atoms with Crippen LogP contribution in [0.3, 0.4) is 0 Å². The van der Waals surface area contributed by atoms with Crippen LogP contribution in [0.25, 0.3) is 0 Å². The Hall–Kier alpha value is -0.880. The van der Waals surface area contributed by atoms with E-state index >= 15 is 0 Å². The molecule has 17 heavy (non-hydrogen) atoms. The van der Waals surface area contributed by atoms with E-state index < -0.39 is 0 Å². The maximum absolute atomic E-state index is 11.6. The number of nitrogens with one attached hydrogen (secondary N) is 1. The van der Waals surface area contributed by atoms with Gasteiger partial charge in [0.05, 0.1) is 16.8 Å². The molecule has 2 rings (SSSR count). The molecule has 0 aliphatic carbocycles. The minimum atomic E-state index is 0.0483. The molecule has 1 N–H and O–H groups in total. The summed E-state index contributed by atoms with van der Waals surface area (Å²) in [5.74, 6) is 0.0483. The van der Waals surface area contributed by atoms with E-state index in [1.54, 1.807) is 10.9 Å². The van der Waals surface area contributed by atoms with E-state index in [-0.39, 0.29) is 12.0 Å². The van der Waals surface area contributed by atoms with Gasteiger partial charge in [0.15, 0.2) is 0 Å². The predicted octanol–water partition coefficient (Wildman–Crippen LogP) is 1.33. The van der Waals surface area contributed by atoms with Crippen LogP contribution in [-0.2, 0) is 16.1 Å². The summed E-state index contributed by atoms with van der Waals surface area (Å²) >= 11 is 3.31. The number of aromatic nitrogens is 2. The first-order valence-corrected chi connectivity index (χ1v) is 6.59. The Morgan fingerprint density at radius 2 is 2.59 bits per heavy atom. The molecule has 6 heteroatoms. The maximum atomic E-state index is 11.6. The molecule has 94 valence electrons. The molecule has 1 aliphatic rings. The summed E-state index contributed by atoms with van der Waals surface area (Å²) in [5, 5.41) is 6.98. The highest BCUT2D eigenvalue weighted by atomic mass is 79.9. The molecule has 1 aromatic rings. The monoisotopic (exact) mass is 301 g/mol. The number of carbonyl (C=O) groups excluding carboxylic acids is 1. The van der Waals surface area contributed by atoms with Gasteiger partial charge in [0.1, 0.15) is 0 Å². The van der Waals surface area contributed by atoms with Gasteiger partial charge in [-0.3, -0.25) is 9.48 Å². The Morgan fingerprint density at radius 1 is 1.71 bits per heavy atom. The largest absolute Gasteiger partial charge is 0.376 e. The third-order valence-electron chi connectivity index (χ3n) is 2.72. The van der Waals surface area contributed by atoms with Crippen LogP contribution >= 0.6 is 15.9 Å².